The number of benzene rings is 1. The van der Waals surface area contributed by atoms with Crippen LogP contribution in [-0.2, 0) is 4.79 Å². The molecule has 2 rings (SSSR count). The van der Waals surface area contributed by atoms with Gasteiger partial charge in [-0.05, 0) is 24.1 Å². The summed E-state index contributed by atoms with van der Waals surface area (Å²) >= 11 is 7.07. The van der Waals surface area contributed by atoms with Crippen LogP contribution in [0.4, 0.5) is 5.00 Å². The summed E-state index contributed by atoms with van der Waals surface area (Å²) in [7, 11) is 0. The van der Waals surface area contributed by atoms with Gasteiger partial charge in [0.2, 0.25) is 5.91 Å². The molecule has 6 heteroatoms. The fraction of sp³-hybridized carbons (Fsp3) is 0.250. The van der Waals surface area contributed by atoms with Gasteiger partial charge in [-0.25, -0.2) is 4.79 Å². The molecule has 1 amide bonds. The predicted molar refractivity (Wildman–Crippen MR) is 89.9 cm³/mol. The number of unbranched alkanes of at least 4 members (excludes halogenated alkanes) is 1. The van der Waals surface area contributed by atoms with Gasteiger partial charge in [0.25, 0.3) is 0 Å². The van der Waals surface area contributed by atoms with Crippen molar-refractivity contribution in [2.24, 2.45) is 0 Å². The van der Waals surface area contributed by atoms with Crippen molar-refractivity contribution in [1.82, 2.24) is 0 Å². The van der Waals surface area contributed by atoms with Crippen molar-refractivity contribution in [3.8, 4) is 11.1 Å². The van der Waals surface area contributed by atoms with Crippen molar-refractivity contribution >= 4 is 39.8 Å². The normalized spacial score (nSPS) is 10.5. The first-order valence-corrected chi connectivity index (χ1v) is 8.19. The van der Waals surface area contributed by atoms with E-state index < -0.39 is 5.97 Å². The first-order valence-electron chi connectivity index (χ1n) is 6.93. The SMILES string of the molecule is CCCCC(=O)Nc1scc(-c2ccc(Cl)cc2)c1C(=O)O. The molecule has 116 valence electrons. The van der Waals surface area contributed by atoms with E-state index in [1.54, 1.807) is 29.6 Å². The largest absolute Gasteiger partial charge is 0.478 e. The molecular weight excluding hydrogens is 322 g/mol. The quantitative estimate of drug-likeness (QED) is 0.788. The summed E-state index contributed by atoms with van der Waals surface area (Å²) in [5.41, 5.74) is 1.46. The van der Waals surface area contributed by atoms with E-state index in [0.29, 0.717) is 22.0 Å². The van der Waals surface area contributed by atoms with Crippen LogP contribution in [0, 0.1) is 0 Å². The van der Waals surface area contributed by atoms with Gasteiger partial charge in [0, 0.05) is 22.4 Å². The third-order valence-electron chi connectivity index (χ3n) is 3.17. The lowest BCUT2D eigenvalue weighted by atomic mass is 10.0. The van der Waals surface area contributed by atoms with E-state index in [9.17, 15) is 14.7 Å². The number of amides is 1. The Morgan fingerprint density at radius 3 is 2.55 bits per heavy atom. The van der Waals surface area contributed by atoms with Crippen molar-refractivity contribution in [3.63, 3.8) is 0 Å². The fourth-order valence-corrected chi connectivity index (χ4v) is 3.13. The minimum absolute atomic E-state index is 0.122. The number of halogens is 1. The van der Waals surface area contributed by atoms with Gasteiger partial charge in [-0.1, -0.05) is 37.1 Å². The molecule has 2 N–H and O–H groups in total. The van der Waals surface area contributed by atoms with Gasteiger partial charge >= 0.3 is 5.97 Å². The molecule has 1 aromatic carbocycles. The molecule has 22 heavy (non-hydrogen) atoms. The first kappa shape index (κ1) is 16.5. The van der Waals surface area contributed by atoms with E-state index in [1.807, 2.05) is 6.92 Å². The van der Waals surface area contributed by atoms with Gasteiger partial charge in [-0.3, -0.25) is 4.79 Å². The molecule has 0 spiro atoms. The topological polar surface area (TPSA) is 66.4 Å². The highest BCUT2D eigenvalue weighted by atomic mass is 35.5. The highest BCUT2D eigenvalue weighted by Crippen LogP contribution is 2.36. The third-order valence-corrected chi connectivity index (χ3v) is 4.32. The fourth-order valence-electron chi connectivity index (χ4n) is 2.03. The Hall–Kier alpha value is -1.85. The van der Waals surface area contributed by atoms with Gasteiger partial charge in [0.15, 0.2) is 0 Å². The van der Waals surface area contributed by atoms with Crippen LogP contribution in [0.5, 0.6) is 0 Å². The second-order valence-corrected chi connectivity index (χ2v) is 6.13. The minimum atomic E-state index is -1.06. The molecule has 0 aliphatic rings. The molecule has 0 unspecified atom stereocenters. The molecule has 1 heterocycles. The van der Waals surface area contributed by atoms with Gasteiger partial charge in [-0.15, -0.1) is 11.3 Å². The molecule has 0 fully saturated rings. The smallest absolute Gasteiger partial charge is 0.339 e. The van der Waals surface area contributed by atoms with E-state index >= 15 is 0 Å². The van der Waals surface area contributed by atoms with Crippen LogP contribution >= 0.6 is 22.9 Å². The van der Waals surface area contributed by atoms with E-state index in [0.717, 1.165) is 18.4 Å². The highest BCUT2D eigenvalue weighted by Gasteiger charge is 2.20. The van der Waals surface area contributed by atoms with Crippen molar-refractivity contribution in [1.29, 1.82) is 0 Å². The Morgan fingerprint density at radius 2 is 1.95 bits per heavy atom. The molecule has 0 aliphatic heterocycles. The number of carbonyl (C=O) groups is 2. The number of hydrogen-bond acceptors (Lipinski definition) is 3. The monoisotopic (exact) mass is 337 g/mol. The van der Waals surface area contributed by atoms with Gasteiger partial charge in [0.05, 0.1) is 0 Å². The number of anilines is 1. The van der Waals surface area contributed by atoms with E-state index in [4.69, 9.17) is 11.6 Å². The number of carbonyl (C=O) groups excluding carboxylic acids is 1. The Balaban J connectivity index is 2.31. The second-order valence-electron chi connectivity index (χ2n) is 4.82. The lowest BCUT2D eigenvalue weighted by Gasteiger charge is -2.06. The van der Waals surface area contributed by atoms with E-state index in [-0.39, 0.29) is 11.5 Å². The summed E-state index contributed by atoms with van der Waals surface area (Å²) in [6.45, 7) is 2.00. The number of nitrogens with one attached hydrogen (secondary N) is 1. The Morgan fingerprint density at radius 1 is 1.27 bits per heavy atom. The average molecular weight is 338 g/mol. The molecular formula is C16H16ClNO3S. The average Bonchev–Trinajstić information content (AvgIpc) is 2.89. The molecule has 0 saturated heterocycles. The Labute approximate surface area is 137 Å². The van der Waals surface area contributed by atoms with Crippen LogP contribution in [0.25, 0.3) is 11.1 Å². The molecule has 0 saturated carbocycles. The zero-order chi connectivity index (χ0) is 16.1. The predicted octanol–water partition coefficient (Wildman–Crippen LogP) is 4.90. The molecule has 4 nitrogen and oxygen atoms in total. The van der Waals surface area contributed by atoms with Crippen LogP contribution in [-0.4, -0.2) is 17.0 Å². The van der Waals surface area contributed by atoms with Crippen molar-refractivity contribution < 1.29 is 14.7 Å². The summed E-state index contributed by atoms with van der Waals surface area (Å²) in [4.78, 5) is 23.4. The molecule has 0 bridgehead atoms. The van der Waals surface area contributed by atoms with Crippen LogP contribution < -0.4 is 5.32 Å². The lowest BCUT2D eigenvalue weighted by Crippen LogP contribution is -2.12. The summed E-state index contributed by atoms with van der Waals surface area (Å²) in [6, 6.07) is 6.94. The Kier molecular flexibility index (Phi) is 5.57. The summed E-state index contributed by atoms with van der Waals surface area (Å²) in [6.07, 6.45) is 2.09. The number of carboxylic acid groups (broad SMARTS) is 1. The van der Waals surface area contributed by atoms with Crippen molar-refractivity contribution in [3.05, 3.63) is 40.2 Å². The first-order chi connectivity index (χ1) is 10.5. The van der Waals surface area contributed by atoms with Gasteiger partial charge in [0.1, 0.15) is 10.6 Å². The summed E-state index contributed by atoms with van der Waals surface area (Å²) in [5, 5.41) is 14.9. The van der Waals surface area contributed by atoms with Crippen molar-refractivity contribution in [2.45, 2.75) is 26.2 Å². The minimum Gasteiger partial charge on any atom is -0.478 e. The van der Waals surface area contributed by atoms with Crippen LogP contribution in [0.2, 0.25) is 5.02 Å². The number of rotatable bonds is 6. The number of aromatic carboxylic acids is 1. The maximum Gasteiger partial charge on any atom is 0.339 e. The zero-order valence-electron chi connectivity index (χ0n) is 12.1. The molecule has 0 radical (unpaired) electrons. The molecule has 0 atom stereocenters. The van der Waals surface area contributed by atoms with E-state index in [2.05, 4.69) is 5.32 Å². The van der Waals surface area contributed by atoms with Crippen LogP contribution in [0.15, 0.2) is 29.6 Å². The second kappa shape index (κ2) is 7.42. The van der Waals surface area contributed by atoms with Gasteiger partial charge < -0.3 is 10.4 Å². The van der Waals surface area contributed by atoms with Gasteiger partial charge in [-0.2, -0.15) is 0 Å². The number of hydrogen-bond donors (Lipinski definition) is 2. The van der Waals surface area contributed by atoms with Crippen molar-refractivity contribution in [2.75, 3.05) is 5.32 Å². The number of thiophene rings is 1. The Bertz CT molecular complexity index is 679. The van der Waals surface area contributed by atoms with Crippen LogP contribution in [0.1, 0.15) is 36.5 Å². The maximum absolute atomic E-state index is 11.8. The zero-order valence-corrected chi connectivity index (χ0v) is 13.6. The standard InChI is InChI=1S/C16H16ClNO3S/c1-2-3-4-13(19)18-15-14(16(20)21)12(9-22-15)10-5-7-11(17)8-6-10/h5-9H,2-4H2,1H3,(H,18,19)(H,20,21). The maximum atomic E-state index is 11.8. The van der Waals surface area contributed by atoms with E-state index in [1.165, 1.54) is 11.3 Å². The lowest BCUT2D eigenvalue weighted by molar-refractivity contribution is -0.116. The van der Waals surface area contributed by atoms with Crippen LogP contribution in [0.3, 0.4) is 0 Å². The molecule has 1 aromatic heterocycles. The third kappa shape index (κ3) is 3.87. The summed E-state index contributed by atoms with van der Waals surface area (Å²) < 4.78 is 0. The number of carboxylic acids is 1. The summed E-state index contributed by atoms with van der Waals surface area (Å²) in [5.74, 6) is -1.22. The highest BCUT2D eigenvalue weighted by molar-refractivity contribution is 7.15. The molecule has 0 aliphatic carbocycles. The molecule has 2 aromatic rings.